The summed E-state index contributed by atoms with van der Waals surface area (Å²) in [6.45, 7) is 7.03. The fourth-order valence-corrected chi connectivity index (χ4v) is 2.87. The van der Waals surface area contributed by atoms with Gasteiger partial charge in [0.05, 0.1) is 0 Å². The van der Waals surface area contributed by atoms with E-state index in [1.807, 2.05) is 0 Å². The van der Waals surface area contributed by atoms with Crippen LogP contribution in [-0.4, -0.2) is 18.5 Å². The van der Waals surface area contributed by atoms with Gasteiger partial charge < -0.3 is 11.1 Å². The van der Waals surface area contributed by atoms with Crippen molar-refractivity contribution in [2.24, 2.45) is 17.1 Å². The highest BCUT2D eigenvalue weighted by molar-refractivity contribution is 5.82. The molecule has 1 rings (SSSR count). The van der Waals surface area contributed by atoms with E-state index in [9.17, 15) is 4.79 Å². The number of hydrogen-bond donors (Lipinski definition) is 2. The number of amides is 1. The zero-order chi connectivity index (χ0) is 12.9. The van der Waals surface area contributed by atoms with Gasteiger partial charge in [-0.1, -0.05) is 46.5 Å². The molecule has 3 heteroatoms. The molecule has 1 amide bonds. The zero-order valence-electron chi connectivity index (χ0n) is 11.6. The maximum Gasteiger partial charge on any atom is 0.225 e. The van der Waals surface area contributed by atoms with E-state index in [4.69, 9.17) is 5.73 Å². The van der Waals surface area contributed by atoms with Crippen LogP contribution in [0, 0.1) is 11.3 Å². The van der Waals surface area contributed by atoms with Gasteiger partial charge in [0.25, 0.3) is 0 Å². The Morgan fingerprint density at radius 1 is 1.29 bits per heavy atom. The normalized spacial score (nSPS) is 20.5. The Balaban J connectivity index is 2.37. The van der Waals surface area contributed by atoms with Crippen molar-refractivity contribution in [2.45, 2.75) is 65.3 Å². The molecular formula is C14H28N2O. The lowest BCUT2D eigenvalue weighted by Gasteiger charge is -2.26. The Labute approximate surface area is 106 Å². The fraction of sp³-hybridized carbons (Fsp3) is 0.929. The van der Waals surface area contributed by atoms with E-state index in [-0.39, 0.29) is 17.4 Å². The maximum atomic E-state index is 12.1. The third-order valence-electron chi connectivity index (χ3n) is 4.41. The molecule has 0 radical (unpaired) electrons. The van der Waals surface area contributed by atoms with Crippen molar-refractivity contribution in [3.63, 3.8) is 0 Å². The average Bonchev–Trinajstić information content (AvgIpc) is 2.76. The highest BCUT2D eigenvalue weighted by Crippen LogP contribution is 2.37. The minimum absolute atomic E-state index is 0.0963. The fourth-order valence-electron chi connectivity index (χ4n) is 2.87. The molecule has 3 nitrogen and oxygen atoms in total. The van der Waals surface area contributed by atoms with Crippen LogP contribution in [0.4, 0.5) is 0 Å². The molecule has 0 aromatic heterocycles. The molecule has 0 heterocycles. The second kappa shape index (κ2) is 6.39. The number of hydrogen-bond acceptors (Lipinski definition) is 2. The SMILES string of the molecule is CCC(CC)C(N)CNC(=O)C1(C)CCCC1. The van der Waals surface area contributed by atoms with Gasteiger partial charge in [0, 0.05) is 18.0 Å². The van der Waals surface area contributed by atoms with E-state index in [0.29, 0.717) is 12.5 Å². The van der Waals surface area contributed by atoms with E-state index in [0.717, 1.165) is 25.7 Å². The van der Waals surface area contributed by atoms with Crippen LogP contribution in [0.3, 0.4) is 0 Å². The molecule has 0 saturated heterocycles. The molecule has 1 fully saturated rings. The summed E-state index contributed by atoms with van der Waals surface area (Å²) in [6, 6.07) is 0.0963. The van der Waals surface area contributed by atoms with Gasteiger partial charge in [-0.15, -0.1) is 0 Å². The topological polar surface area (TPSA) is 55.1 Å². The Kier molecular flexibility index (Phi) is 5.44. The first-order chi connectivity index (χ1) is 8.03. The third-order valence-corrected chi connectivity index (χ3v) is 4.41. The van der Waals surface area contributed by atoms with Gasteiger partial charge in [-0.25, -0.2) is 0 Å². The lowest BCUT2D eigenvalue weighted by atomic mass is 9.87. The summed E-state index contributed by atoms with van der Waals surface area (Å²) in [5.41, 5.74) is 5.98. The minimum atomic E-state index is -0.131. The minimum Gasteiger partial charge on any atom is -0.354 e. The first kappa shape index (κ1) is 14.5. The van der Waals surface area contributed by atoms with E-state index < -0.39 is 0 Å². The first-order valence-electron chi connectivity index (χ1n) is 7.07. The standard InChI is InChI=1S/C14H28N2O/c1-4-11(5-2)12(15)10-16-13(17)14(3)8-6-7-9-14/h11-12H,4-10,15H2,1-3H3,(H,16,17). The molecule has 1 atom stereocenters. The van der Waals surface area contributed by atoms with Gasteiger partial charge in [-0.3, -0.25) is 4.79 Å². The largest absolute Gasteiger partial charge is 0.354 e. The molecule has 1 aliphatic carbocycles. The predicted octanol–water partition coefficient (Wildman–Crippen LogP) is 2.45. The Morgan fingerprint density at radius 2 is 1.82 bits per heavy atom. The predicted molar refractivity (Wildman–Crippen MR) is 71.6 cm³/mol. The number of nitrogens with one attached hydrogen (secondary N) is 1. The molecule has 17 heavy (non-hydrogen) atoms. The molecule has 100 valence electrons. The van der Waals surface area contributed by atoms with Gasteiger partial charge >= 0.3 is 0 Å². The maximum absolute atomic E-state index is 12.1. The van der Waals surface area contributed by atoms with Crippen LogP contribution in [-0.2, 0) is 4.79 Å². The van der Waals surface area contributed by atoms with Gasteiger partial charge in [0.2, 0.25) is 5.91 Å². The summed E-state index contributed by atoms with van der Waals surface area (Å²) in [6.07, 6.45) is 6.60. The second-order valence-corrected chi connectivity index (χ2v) is 5.72. The molecule has 0 aliphatic heterocycles. The molecule has 3 N–H and O–H groups in total. The van der Waals surface area contributed by atoms with E-state index in [1.165, 1.54) is 12.8 Å². The van der Waals surface area contributed by atoms with Crippen molar-refractivity contribution >= 4 is 5.91 Å². The summed E-state index contributed by atoms with van der Waals surface area (Å²) in [5, 5.41) is 3.05. The Bertz CT molecular complexity index is 243. The van der Waals surface area contributed by atoms with Crippen molar-refractivity contribution in [3.8, 4) is 0 Å². The third kappa shape index (κ3) is 3.70. The van der Waals surface area contributed by atoms with Crippen molar-refractivity contribution in [1.82, 2.24) is 5.32 Å². The van der Waals surface area contributed by atoms with Crippen LogP contribution in [0.5, 0.6) is 0 Å². The summed E-state index contributed by atoms with van der Waals surface area (Å²) in [7, 11) is 0. The average molecular weight is 240 g/mol. The molecule has 1 unspecified atom stereocenters. The van der Waals surface area contributed by atoms with Crippen LogP contribution in [0.25, 0.3) is 0 Å². The van der Waals surface area contributed by atoms with Crippen LogP contribution in [0.2, 0.25) is 0 Å². The number of nitrogens with two attached hydrogens (primary N) is 1. The van der Waals surface area contributed by atoms with E-state index in [1.54, 1.807) is 0 Å². The highest BCUT2D eigenvalue weighted by Gasteiger charge is 2.36. The van der Waals surface area contributed by atoms with Gasteiger partial charge in [-0.2, -0.15) is 0 Å². The number of rotatable bonds is 6. The zero-order valence-corrected chi connectivity index (χ0v) is 11.6. The van der Waals surface area contributed by atoms with Gasteiger partial charge in [0.15, 0.2) is 0 Å². The highest BCUT2D eigenvalue weighted by atomic mass is 16.2. The second-order valence-electron chi connectivity index (χ2n) is 5.72. The molecule has 1 aliphatic rings. The molecule has 1 saturated carbocycles. The molecule has 0 aromatic carbocycles. The summed E-state index contributed by atoms with van der Waals surface area (Å²) >= 11 is 0. The van der Waals surface area contributed by atoms with Crippen LogP contribution in [0.1, 0.15) is 59.3 Å². The molecule has 0 spiro atoms. The van der Waals surface area contributed by atoms with Crippen molar-refractivity contribution in [2.75, 3.05) is 6.54 Å². The van der Waals surface area contributed by atoms with E-state index in [2.05, 4.69) is 26.1 Å². The smallest absolute Gasteiger partial charge is 0.225 e. The van der Waals surface area contributed by atoms with Crippen LogP contribution < -0.4 is 11.1 Å². The van der Waals surface area contributed by atoms with Crippen molar-refractivity contribution in [1.29, 1.82) is 0 Å². The van der Waals surface area contributed by atoms with E-state index >= 15 is 0 Å². The monoisotopic (exact) mass is 240 g/mol. The molecular weight excluding hydrogens is 212 g/mol. The first-order valence-corrected chi connectivity index (χ1v) is 7.07. The Morgan fingerprint density at radius 3 is 2.29 bits per heavy atom. The van der Waals surface area contributed by atoms with Gasteiger partial charge in [-0.05, 0) is 18.8 Å². The van der Waals surface area contributed by atoms with Gasteiger partial charge in [0.1, 0.15) is 0 Å². The number of carbonyl (C=O) groups excluding carboxylic acids is 1. The number of carbonyl (C=O) groups is 1. The summed E-state index contributed by atoms with van der Waals surface area (Å²) in [4.78, 5) is 12.1. The summed E-state index contributed by atoms with van der Waals surface area (Å²) < 4.78 is 0. The van der Waals surface area contributed by atoms with Crippen LogP contribution in [0.15, 0.2) is 0 Å². The summed E-state index contributed by atoms with van der Waals surface area (Å²) in [5.74, 6) is 0.725. The lowest BCUT2D eigenvalue weighted by molar-refractivity contribution is -0.130. The van der Waals surface area contributed by atoms with Crippen molar-refractivity contribution in [3.05, 3.63) is 0 Å². The van der Waals surface area contributed by atoms with Crippen LogP contribution >= 0.6 is 0 Å². The Hall–Kier alpha value is -0.570. The lowest BCUT2D eigenvalue weighted by Crippen LogP contribution is -2.45. The van der Waals surface area contributed by atoms with Crippen molar-refractivity contribution < 1.29 is 4.79 Å². The molecule has 0 bridgehead atoms. The molecule has 0 aromatic rings. The quantitative estimate of drug-likeness (QED) is 0.749.